The van der Waals surface area contributed by atoms with E-state index in [4.69, 9.17) is 0 Å². The molecule has 0 aliphatic carbocycles. The Morgan fingerprint density at radius 2 is 2.05 bits per heavy atom. The van der Waals surface area contributed by atoms with Gasteiger partial charge in [0, 0.05) is 6.20 Å². The maximum absolute atomic E-state index is 12.8. The van der Waals surface area contributed by atoms with Crippen molar-refractivity contribution in [2.45, 2.75) is 52.7 Å². The van der Waals surface area contributed by atoms with Gasteiger partial charge in [-0.3, -0.25) is 9.59 Å². The molecule has 0 saturated carbocycles. The summed E-state index contributed by atoms with van der Waals surface area (Å²) in [7, 11) is 0. The minimum absolute atomic E-state index is 0.0486. The van der Waals surface area contributed by atoms with Crippen LogP contribution >= 0.6 is 0 Å². The highest BCUT2D eigenvalue weighted by atomic mass is 16.2. The summed E-state index contributed by atoms with van der Waals surface area (Å²) in [5, 5.41) is 2.86. The Bertz CT molecular complexity index is 524. The number of nitrogens with zero attached hydrogens (tertiary/aromatic N) is 3. The van der Waals surface area contributed by atoms with E-state index in [-0.39, 0.29) is 17.2 Å². The van der Waals surface area contributed by atoms with E-state index < -0.39 is 12.1 Å². The number of piperazine rings is 1. The lowest BCUT2D eigenvalue weighted by atomic mass is 9.83. The predicted octanol–water partition coefficient (Wildman–Crippen LogP) is 1.13. The zero-order valence-electron chi connectivity index (χ0n) is 13.0. The van der Waals surface area contributed by atoms with Gasteiger partial charge in [0.2, 0.25) is 11.8 Å². The van der Waals surface area contributed by atoms with Crippen molar-refractivity contribution in [2.24, 2.45) is 5.41 Å². The fraction of sp³-hybridized carbons (Fsp3) is 0.600. The first-order valence-corrected chi connectivity index (χ1v) is 7.20. The van der Waals surface area contributed by atoms with Gasteiger partial charge in [0.05, 0.1) is 12.2 Å². The van der Waals surface area contributed by atoms with Crippen molar-refractivity contribution in [3.8, 4) is 0 Å². The molecular weight excluding hydrogens is 268 g/mol. The van der Waals surface area contributed by atoms with Crippen molar-refractivity contribution in [3.63, 3.8) is 0 Å². The molecule has 2 amide bonds. The standard InChI is InChI=1S/C15H22N4O2/c1-5-11-13(20)18-12(15(2,3)4)14(21)19(11)8-10-6-7-16-9-17-10/h6-7,9,11-12H,5,8H2,1-4H3,(H,18,20). The summed E-state index contributed by atoms with van der Waals surface area (Å²) in [5.74, 6) is -0.140. The lowest BCUT2D eigenvalue weighted by Crippen LogP contribution is -2.66. The molecule has 1 aliphatic heterocycles. The van der Waals surface area contributed by atoms with Crippen LogP contribution in [0, 0.1) is 5.41 Å². The van der Waals surface area contributed by atoms with Gasteiger partial charge in [0.15, 0.2) is 0 Å². The van der Waals surface area contributed by atoms with Crippen LogP contribution in [0.5, 0.6) is 0 Å². The summed E-state index contributed by atoms with van der Waals surface area (Å²) < 4.78 is 0. The minimum Gasteiger partial charge on any atom is -0.342 e. The number of aromatic nitrogens is 2. The first-order valence-electron chi connectivity index (χ1n) is 7.20. The second-order valence-electron chi connectivity index (χ2n) is 6.40. The normalized spacial score (nSPS) is 23.1. The molecule has 0 bridgehead atoms. The Morgan fingerprint density at radius 1 is 1.33 bits per heavy atom. The number of rotatable bonds is 3. The van der Waals surface area contributed by atoms with Crippen LogP contribution in [0.25, 0.3) is 0 Å². The van der Waals surface area contributed by atoms with Crippen molar-refractivity contribution in [1.29, 1.82) is 0 Å². The SMILES string of the molecule is CCC1C(=O)NC(C(C)(C)C)C(=O)N1Cc1ccncn1. The molecule has 2 rings (SSSR count). The maximum atomic E-state index is 12.8. The van der Waals surface area contributed by atoms with E-state index in [1.54, 1.807) is 17.2 Å². The Balaban J connectivity index is 2.29. The predicted molar refractivity (Wildman–Crippen MR) is 78.0 cm³/mol. The van der Waals surface area contributed by atoms with Gasteiger partial charge in [0.25, 0.3) is 0 Å². The number of nitrogens with one attached hydrogen (secondary N) is 1. The Morgan fingerprint density at radius 3 is 2.57 bits per heavy atom. The summed E-state index contributed by atoms with van der Waals surface area (Å²) in [6.07, 6.45) is 3.67. The van der Waals surface area contributed by atoms with Crippen molar-refractivity contribution < 1.29 is 9.59 Å². The van der Waals surface area contributed by atoms with E-state index in [1.165, 1.54) is 6.33 Å². The highest BCUT2D eigenvalue weighted by Gasteiger charge is 2.44. The fourth-order valence-electron chi connectivity index (χ4n) is 2.53. The van der Waals surface area contributed by atoms with Gasteiger partial charge >= 0.3 is 0 Å². The Labute approximate surface area is 125 Å². The lowest BCUT2D eigenvalue weighted by Gasteiger charge is -2.43. The third-order valence-electron chi connectivity index (χ3n) is 3.72. The highest BCUT2D eigenvalue weighted by molar-refractivity contribution is 5.97. The minimum atomic E-state index is -0.505. The van der Waals surface area contributed by atoms with Crippen LogP contribution in [0.4, 0.5) is 0 Å². The number of carbonyl (C=O) groups excluding carboxylic acids is 2. The van der Waals surface area contributed by atoms with Crippen molar-refractivity contribution in [3.05, 3.63) is 24.3 Å². The number of carbonyl (C=O) groups is 2. The Kier molecular flexibility index (Phi) is 4.25. The molecule has 0 aromatic carbocycles. The van der Waals surface area contributed by atoms with Crippen molar-refractivity contribution in [1.82, 2.24) is 20.2 Å². The van der Waals surface area contributed by atoms with Crippen LogP contribution < -0.4 is 5.32 Å². The van der Waals surface area contributed by atoms with E-state index in [0.717, 1.165) is 5.69 Å². The summed E-state index contributed by atoms with van der Waals surface area (Å²) in [6, 6.07) is 0.819. The van der Waals surface area contributed by atoms with Gasteiger partial charge in [-0.25, -0.2) is 9.97 Å². The van der Waals surface area contributed by atoms with Gasteiger partial charge in [0.1, 0.15) is 18.4 Å². The molecule has 1 aromatic rings. The maximum Gasteiger partial charge on any atom is 0.246 e. The molecule has 2 heterocycles. The van der Waals surface area contributed by atoms with Crippen LogP contribution in [-0.4, -0.2) is 38.8 Å². The summed E-state index contributed by atoms with van der Waals surface area (Å²) >= 11 is 0. The molecule has 1 fully saturated rings. The first-order chi connectivity index (χ1) is 9.84. The van der Waals surface area contributed by atoms with Gasteiger partial charge in [-0.15, -0.1) is 0 Å². The molecule has 21 heavy (non-hydrogen) atoms. The number of hydrogen-bond acceptors (Lipinski definition) is 4. The van der Waals surface area contributed by atoms with Gasteiger partial charge in [-0.2, -0.15) is 0 Å². The van der Waals surface area contributed by atoms with E-state index in [1.807, 2.05) is 27.7 Å². The molecule has 0 spiro atoms. The van der Waals surface area contributed by atoms with Crippen LogP contribution in [0.2, 0.25) is 0 Å². The lowest BCUT2D eigenvalue weighted by molar-refractivity contribution is -0.153. The molecule has 6 nitrogen and oxygen atoms in total. The largest absolute Gasteiger partial charge is 0.342 e. The average Bonchev–Trinajstić information content (AvgIpc) is 2.42. The quantitative estimate of drug-likeness (QED) is 0.905. The van der Waals surface area contributed by atoms with Crippen LogP contribution in [-0.2, 0) is 16.1 Å². The summed E-state index contributed by atoms with van der Waals surface area (Å²) in [6.45, 7) is 8.09. The second-order valence-corrected chi connectivity index (χ2v) is 6.40. The third kappa shape index (κ3) is 3.20. The first kappa shape index (κ1) is 15.4. The summed E-state index contributed by atoms with van der Waals surface area (Å²) in [5.41, 5.74) is 0.411. The van der Waals surface area contributed by atoms with Gasteiger partial charge in [-0.05, 0) is 17.9 Å². The monoisotopic (exact) mass is 290 g/mol. The van der Waals surface area contributed by atoms with Gasteiger partial charge < -0.3 is 10.2 Å². The van der Waals surface area contributed by atoms with Gasteiger partial charge in [-0.1, -0.05) is 27.7 Å². The van der Waals surface area contributed by atoms with Crippen molar-refractivity contribution >= 4 is 11.8 Å². The molecule has 1 N–H and O–H groups in total. The smallest absolute Gasteiger partial charge is 0.246 e. The van der Waals surface area contributed by atoms with Crippen LogP contribution in [0.3, 0.4) is 0 Å². The molecule has 1 saturated heterocycles. The topological polar surface area (TPSA) is 75.2 Å². The van der Waals surface area contributed by atoms with Crippen LogP contribution in [0.15, 0.2) is 18.6 Å². The van der Waals surface area contributed by atoms with E-state index in [0.29, 0.717) is 13.0 Å². The molecule has 114 valence electrons. The molecule has 0 radical (unpaired) electrons. The molecule has 2 unspecified atom stereocenters. The molecule has 6 heteroatoms. The molecule has 1 aromatic heterocycles. The summed E-state index contributed by atoms with van der Waals surface area (Å²) in [4.78, 5) is 34.7. The second kappa shape index (κ2) is 5.79. The average molecular weight is 290 g/mol. The number of amides is 2. The molecule has 1 aliphatic rings. The van der Waals surface area contributed by atoms with Crippen LogP contribution in [0.1, 0.15) is 39.8 Å². The highest BCUT2D eigenvalue weighted by Crippen LogP contribution is 2.26. The Hall–Kier alpha value is -1.98. The zero-order chi connectivity index (χ0) is 15.6. The third-order valence-corrected chi connectivity index (χ3v) is 3.72. The molecular formula is C15H22N4O2. The number of hydrogen-bond donors (Lipinski definition) is 1. The molecule has 2 atom stereocenters. The van der Waals surface area contributed by atoms with E-state index in [2.05, 4.69) is 15.3 Å². The van der Waals surface area contributed by atoms with E-state index in [9.17, 15) is 9.59 Å². The van der Waals surface area contributed by atoms with Crippen molar-refractivity contribution in [2.75, 3.05) is 0 Å². The zero-order valence-corrected chi connectivity index (χ0v) is 13.0. The fourth-order valence-corrected chi connectivity index (χ4v) is 2.53. The van der Waals surface area contributed by atoms with E-state index >= 15 is 0 Å².